The Labute approximate surface area is 113 Å². The topological polar surface area (TPSA) is 52.9 Å². The Balaban J connectivity index is 2.52. The molecule has 0 bridgehead atoms. The molecule has 0 amide bonds. The fourth-order valence-corrected chi connectivity index (χ4v) is 1.58. The summed E-state index contributed by atoms with van der Waals surface area (Å²) < 4.78 is 5.53. The first kappa shape index (κ1) is 15.2. The standard InChI is InChI=1S/C13H20ClNO3/c1-15(2)7-8-18-11-5-3-10(4-6-11)13(17)12(16)9-14/h3-6,12-13,16-17H,7-9H2,1-2H3. The Morgan fingerprint density at radius 2 is 1.83 bits per heavy atom. The summed E-state index contributed by atoms with van der Waals surface area (Å²) in [7, 11) is 3.97. The summed E-state index contributed by atoms with van der Waals surface area (Å²) in [5, 5.41) is 19.2. The van der Waals surface area contributed by atoms with Gasteiger partial charge in [0.1, 0.15) is 18.5 Å². The van der Waals surface area contributed by atoms with Crippen molar-refractivity contribution in [2.24, 2.45) is 0 Å². The van der Waals surface area contributed by atoms with Crippen LogP contribution in [0.15, 0.2) is 24.3 Å². The van der Waals surface area contributed by atoms with Crippen LogP contribution >= 0.6 is 11.6 Å². The van der Waals surface area contributed by atoms with E-state index in [4.69, 9.17) is 16.3 Å². The van der Waals surface area contributed by atoms with Crippen LogP contribution in [0.25, 0.3) is 0 Å². The van der Waals surface area contributed by atoms with Crippen molar-refractivity contribution in [3.05, 3.63) is 29.8 Å². The van der Waals surface area contributed by atoms with E-state index in [1.165, 1.54) is 0 Å². The third-order valence-corrected chi connectivity index (χ3v) is 2.87. The SMILES string of the molecule is CN(C)CCOc1ccc(C(O)C(O)CCl)cc1. The second-order valence-electron chi connectivity index (χ2n) is 4.39. The van der Waals surface area contributed by atoms with Gasteiger partial charge < -0.3 is 19.8 Å². The molecule has 1 rings (SSSR count). The van der Waals surface area contributed by atoms with Crippen LogP contribution in [0.1, 0.15) is 11.7 Å². The van der Waals surface area contributed by atoms with Gasteiger partial charge in [0.25, 0.3) is 0 Å². The lowest BCUT2D eigenvalue weighted by molar-refractivity contribution is 0.0327. The van der Waals surface area contributed by atoms with Gasteiger partial charge in [-0.05, 0) is 31.8 Å². The molecular formula is C13H20ClNO3. The fourth-order valence-electron chi connectivity index (χ4n) is 1.41. The number of nitrogens with zero attached hydrogens (tertiary/aromatic N) is 1. The zero-order valence-electron chi connectivity index (χ0n) is 10.7. The van der Waals surface area contributed by atoms with Crippen LogP contribution in [0.3, 0.4) is 0 Å². The van der Waals surface area contributed by atoms with Crippen LogP contribution in [-0.2, 0) is 0 Å². The van der Waals surface area contributed by atoms with Crippen LogP contribution in [0.5, 0.6) is 5.75 Å². The minimum atomic E-state index is -0.960. The first-order valence-electron chi connectivity index (χ1n) is 5.84. The van der Waals surface area contributed by atoms with E-state index in [1.807, 2.05) is 19.0 Å². The van der Waals surface area contributed by atoms with Gasteiger partial charge in [-0.1, -0.05) is 12.1 Å². The van der Waals surface area contributed by atoms with Gasteiger partial charge in [-0.3, -0.25) is 0 Å². The van der Waals surface area contributed by atoms with Crippen molar-refractivity contribution in [2.45, 2.75) is 12.2 Å². The maximum atomic E-state index is 9.75. The van der Waals surface area contributed by atoms with Crippen molar-refractivity contribution in [2.75, 3.05) is 33.1 Å². The van der Waals surface area contributed by atoms with E-state index in [9.17, 15) is 10.2 Å². The number of hydrogen-bond donors (Lipinski definition) is 2. The Hall–Kier alpha value is -0.810. The molecule has 0 fully saturated rings. The molecule has 1 aromatic carbocycles. The van der Waals surface area contributed by atoms with Crippen molar-refractivity contribution in [3.8, 4) is 5.75 Å². The predicted molar refractivity (Wildman–Crippen MR) is 72.2 cm³/mol. The van der Waals surface area contributed by atoms with E-state index < -0.39 is 12.2 Å². The Morgan fingerprint density at radius 1 is 1.22 bits per heavy atom. The monoisotopic (exact) mass is 273 g/mol. The van der Waals surface area contributed by atoms with Crippen molar-refractivity contribution < 1.29 is 14.9 Å². The molecule has 2 unspecified atom stereocenters. The summed E-state index contributed by atoms with van der Waals surface area (Å²) in [4.78, 5) is 2.04. The van der Waals surface area contributed by atoms with Crippen LogP contribution in [0, 0.1) is 0 Å². The fraction of sp³-hybridized carbons (Fsp3) is 0.538. The zero-order valence-corrected chi connectivity index (χ0v) is 11.5. The van der Waals surface area contributed by atoms with E-state index in [1.54, 1.807) is 24.3 Å². The normalized spacial score (nSPS) is 14.6. The second kappa shape index (κ2) is 7.59. The molecule has 2 N–H and O–H groups in total. The van der Waals surface area contributed by atoms with E-state index in [2.05, 4.69) is 0 Å². The predicted octanol–water partition coefficient (Wildman–Crippen LogP) is 1.26. The Bertz CT molecular complexity index is 343. The molecule has 0 spiro atoms. The van der Waals surface area contributed by atoms with Crippen molar-refractivity contribution in [1.82, 2.24) is 4.90 Å². The number of ether oxygens (including phenoxy) is 1. The number of benzene rings is 1. The summed E-state index contributed by atoms with van der Waals surface area (Å²) in [5.41, 5.74) is 0.628. The first-order valence-corrected chi connectivity index (χ1v) is 6.37. The lowest BCUT2D eigenvalue weighted by Gasteiger charge is -2.16. The average molecular weight is 274 g/mol. The van der Waals surface area contributed by atoms with Gasteiger partial charge in [-0.25, -0.2) is 0 Å². The largest absolute Gasteiger partial charge is 0.492 e. The minimum Gasteiger partial charge on any atom is -0.492 e. The molecule has 102 valence electrons. The van der Waals surface area contributed by atoms with Crippen LogP contribution in [0.4, 0.5) is 0 Å². The molecule has 0 radical (unpaired) electrons. The molecule has 1 aromatic rings. The number of hydrogen-bond acceptors (Lipinski definition) is 4. The highest BCUT2D eigenvalue weighted by Gasteiger charge is 2.16. The molecule has 5 heteroatoms. The molecule has 0 aliphatic rings. The lowest BCUT2D eigenvalue weighted by Crippen LogP contribution is -2.20. The maximum Gasteiger partial charge on any atom is 0.119 e. The van der Waals surface area contributed by atoms with Crippen LogP contribution in [-0.4, -0.2) is 54.3 Å². The van der Waals surface area contributed by atoms with Gasteiger partial charge >= 0.3 is 0 Å². The summed E-state index contributed by atoms with van der Waals surface area (Å²) in [6.45, 7) is 1.45. The van der Waals surface area contributed by atoms with E-state index >= 15 is 0 Å². The molecule has 0 heterocycles. The van der Waals surface area contributed by atoms with Gasteiger partial charge in [-0.15, -0.1) is 11.6 Å². The molecular weight excluding hydrogens is 254 g/mol. The van der Waals surface area contributed by atoms with Crippen molar-refractivity contribution in [3.63, 3.8) is 0 Å². The van der Waals surface area contributed by atoms with Crippen molar-refractivity contribution >= 4 is 11.6 Å². The smallest absolute Gasteiger partial charge is 0.119 e. The number of alkyl halides is 1. The highest BCUT2D eigenvalue weighted by atomic mass is 35.5. The van der Waals surface area contributed by atoms with Gasteiger partial charge in [0.05, 0.1) is 12.0 Å². The summed E-state index contributed by atoms with van der Waals surface area (Å²) in [6.07, 6.45) is -1.91. The van der Waals surface area contributed by atoms with E-state index in [0.717, 1.165) is 12.3 Å². The summed E-state index contributed by atoms with van der Waals surface area (Å²) in [6, 6.07) is 7.00. The third kappa shape index (κ3) is 4.82. The maximum absolute atomic E-state index is 9.75. The highest BCUT2D eigenvalue weighted by Crippen LogP contribution is 2.20. The molecule has 0 saturated carbocycles. The molecule has 2 atom stereocenters. The molecule has 4 nitrogen and oxygen atoms in total. The number of halogens is 1. The molecule has 18 heavy (non-hydrogen) atoms. The van der Waals surface area contributed by atoms with Crippen molar-refractivity contribution in [1.29, 1.82) is 0 Å². The van der Waals surface area contributed by atoms with Gasteiger partial charge in [0, 0.05) is 6.54 Å². The number of likely N-dealkylation sites (N-methyl/N-ethyl adjacent to an activating group) is 1. The van der Waals surface area contributed by atoms with Crippen LogP contribution in [0.2, 0.25) is 0 Å². The van der Waals surface area contributed by atoms with Crippen LogP contribution < -0.4 is 4.74 Å². The van der Waals surface area contributed by atoms with Gasteiger partial charge in [0.15, 0.2) is 0 Å². The zero-order chi connectivity index (χ0) is 13.5. The number of aliphatic hydroxyl groups excluding tert-OH is 2. The molecule has 0 aliphatic heterocycles. The van der Waals surface area contributed by atoms with E-state index in [-0.39, 0.29) is 5.88 Å². The second-order valence-corrected chi connectivity index (χ2v) is 4.70. The van der Waals surface area contributed by atoms with E-state index in [0.29, 0.717) is 12.2 Å². The number of rotatable bonds is 7. The molecule has 0 aromatic heterocycles. The quantitative estimate of drug-likeness (QED) is 0.735. The number of aliphatic hydroxyl groups is 2. The average Bonchev–Trinajstić information content (AvgIpc) is 2.37. The Morgan fingerprint density at radius 3 is 2.33 bits per heavy atom. The highest BCUT2D eigenvalue weighted by molar-refractivity contribution is 6.18. The lowest BCUT2D eigenvalue weighted by atomic mass is 10.1. The van der Waals surface area contributed by atoms with Gasteiger partial charge in [-0.2, -0.15) is 0 Å². The minimum absolute atomic E-state index is 0.00223. The molecule has 0 saturated heterocycles. The summed E-state index contributed by atoms with van der Waals surface area (Å²) >= 11 is 5.49. The Kier molecular flexibility index (Phi) is 6.43. The first-order chi connectivity index (χ1) is 8.54. The van der Waals surface area contributed by atoms with Gasteiger partial charge in [0.2, 0.25) is 0 Å². The molecule has 0 aliphatic carbocycles. The summed E-state index contributed by atoms with van der Waals surface area (Å²) in [5.74, 6) is 0.746. The third-order valence-electron chi connectivity index (χ3n) is 2.55.